The SMILES string of the molecule is COc1ccc(C(=O)OC2CCCCC2C(c2ccccc2)N(C)C)cc1. The minimum absolute atomic E-state index is 0.0686. The molecule has 144 valence electrons. The lowest BCUT2D eigenvalue weighted by Crippen LogP contribution is -2.39. The summed E-state index contributed by atoms with van der Waals surface area (Å²) in [5.41, 5.74) is 1.85. The molecule has 0 amide bonds. The van der Waals surface area contributed by atoms with Gasteiger partial charge in [0.05, 0.1) is 12.7 Å². The summed E-state index contributed by atoms with van der Waals surface area (Å²) in [5, 5.41) is 0. The Labute approximate surface area is 162 Å². The molecule has 0 spiro atoms. The van der Waals surface area contributed by atoms with Crippen molar-refractivity contribution in [1.29, 1.82) is 0 Å². The van der Waals surface area contributed by atoms with Crippen LogP contribution in [0.15, 0.2) is 54.6 Å². The number of benzene rings is 2. The smallest absolute Gasteiger partial charge is 0.338 e. The van der Waals surface area contributed by atoms with Gasteiger partial charge in [-0.15, -0.1) is 0 Å². The van der Waals surface area contributed by atoms with Gasteiger partial charge in [0.2, 0.25) is 0 Å². The molecule has 2 aromatic carbocycles. The summed E-state index contributed by atoms with van der Waals surface area (Å²) < 4.78 is 11.2. The molecule has 1 aliphatic rings. The molecule has 1 saturated carbocycles. The quantitative estimate of drug-likeness (QED) is 0.693. The first-order chi connectivity index (χ1) is 13.1. The lowest BCUT2D eigenvalue weighted by Gasteiger charge is -2.40. The van der Waals surface area contributed by atoms with Gasteiger partial charge in [0.1, 0.15) is 11.9 Å². The molecule has 0 heterocycles. The Balaban J connectivity index is 1.78. The minimum atomic E-state index is -0.250. The third-order valence-corrected chi connectivity index (χ3v) is 5.44. The van der Waals surface area contributed by atoms with Crippen LogP contribution in [-0.2, 0) is 4.74 Å². The van der Waals surface area contributed by atoms with Gasteiger partial charge >= 0.3 is 5.97 Å². The van der Waals surface area contributed by atoms with Crippen molar-refractivity contribution in [1.82, 2.24) is 4.90 Å². The Morgan fingerprint density at radius 3 is 2.30 bits per heavy atom. The Bertz CT molecular complexity index is 727. The van der Waals surface area contributed by atoms with Crippen molar-refractivity contribution in [3.8, 4) is 5.75 Å². The van der Waals surface area contributed by atoms with Crippen molar-refractivity contribution < 1.29 is 14.3 Å². The second-order valence-corrected chi connectivity index (χ2v) is 7.44. The van der Waals surface area contributed by atoms with E-state index in [0.717, 1.165) is 25.0 Å². The topological polar surface area (TPSA) is 38.8 Å². The normalized spacial score (nSPS) is 20.9. The number of rotatable bonds is 6. The molecule has 4 nitrogen and oxygen atoms in total. The van der Waals surface area contributed by atoms with Gasteiger partial charge in [-0.2, -0.15) is 0 Å². The summed E-state index contributed by atoms with van der Waals surface area (Å²) in [7, 11) is 5.83. The van der Waals surface area contributed by atoms with Gasteiger partial charge in [0, 0.05) is 12.0 Å². The third kappa shape index (κ3) is 4.69. The fourth-order valence-corrected chi connectivity index (χ4v) is 4.14. The number of hydrogen-bond donors (Lipinski definition) is 0. The first kappa shape index (κ1) is 19.4. The van der Waals surface area contributed by atoms with E-state index in [0.29, 0.717) is 11.5 Å². The molecule has 0 N–H and O–H groups in total. The molecular formula is C23H29NO3. The molecule has 3 atom stereocenters. The molecule has 3 unspecified atom stereocenters. The second-order valence-electron chi connectivity index (χ2n) is 7.44. The van der Waals surface area contributed by atoms with E-state index in [1.807, 2.05) is 6.07 Å². The summed E-state index contributed by atoms with van der Waals surface area (Å²) in [6.45, 7) is 0. The molecule has 4 heteroatoms. The predicted octanol–water partition coefficient (Wildman–Crippen LogP) is 4.71. The van der Waals surface area contributed by atoms with E-state index < -0.39 is 0 Å². The van der Waals surface area contributed by atoms with Crippen LogP contribution < -0.4 is 4.74 Å². The van der Waals surface area contributed by atoms with Crippen LogP contribution in [0, 0.1) is 5.92 Å². The van der Waals surface area contributed by atoms with Crippen molar-refractivity contribution in [2.24, 2.45) is 5.92 Å². The maximum atomic E-state index is 12.7. The fraction of sp³-hybridized carbons (Fsp3) is 0.435. The average molecular weight is 367 g/mol. The van der Waals surface area contributed by atoms with Crippen LogP contribution in [0.3, 0.4) is 0 Å². The van der Waals surface area contributed by atoms with Crippen molar-refractivity contribution in [2.45, 2.75) is 37.8 Å². The van der Waals surface area contributed by atoms with E-state index in [2.05, 4.69) is 43.3 Å². The zero-order chi connectivity index (χ0) is 19.2. The van der Waals surface area contributed by atoms with Gasteiger partial charge in [-0.1, -0.05) is 36.8 Å². The zero-order valence-electron chi connectivity index (χ0n) is 16.4. The number of carbonyl (C=O) groups is 1. The van der Waals surface area contributed by atoms with Crippen LogP contribution in [0.1, 0.15) is 47.6 Å². The van der Waals surface area contributed by atoms with E-state index >= 15 is 0 Å². The first-order valence-electron chi connectivity index (χ1n) is 9.66. The van der Waals surface area contributed by atoms with Crippen molar-refractivity contribution in [3.05, 3.63) is 65.7 Å². The molecule has 2 aromatic rings. The lowest BCUT2D eigenvalue weighted by molar-refractivity contribution is -0.0179. The number of hydrogen-bond acceptors (Lipinski definition) is 4. The molecule has 0 saturated heterocycles. The van der Waals surface area contributed by atoms with Crippen LogP contribution >= 0.6 is 0 Å². The first-order valence-corrected chi connectivity index (χ1v) is 9.66. The van der Waals surface area contributed by atoms with E-state index in [4.69, 9.17) is 9.47 Å². The third-order valence-electron chi connectivity index (χ3n) is 5.44. The van der Waals surface area contributed by atoms with Crippen LogP contribution in [0.25, 0.3) is 0 Å². The minimum Gasteiger partial charge on any atom is -0.497 e. The second kappa shape index (κ2) is 9.05. The maximum Gasteiger partial charge on any atom is 0.338 e. The molecule has 0 aliphatic heterocycles. The molecule has 27 heavy (non-hydrogen) atoms. The maximum absolute atomic E-state index is 12.7. The molecule has 0 bridgehead atoms. The number of carbonyl (C=O) groups excluding carboxylic acids is 1. The highest BCUT2D eigenvalue weighted by atomic mass is 16.5. The fourth-order valence-electron chi connectivity index (χ4n) is 4.14. The average Bonchev–Trinajstić information content (AvgIpc) is 2.70. The number of esters is 1. The zero-order valence-corrected chi connectivity index (χ0v) is 16.4. The molecule has 0 radical (unpaired) electrons. The van der Waals surface area contributed by atoms with Gasteiger partial charge in [0.25, 0.3) is 0 Å². The summed E-state index contributed by atoms with van der Waals surface area (Å²) in [6, 6.07) is 17.9. The largest absolute Gasteiger partial charge is 0.497 e. The Kier molecular flexibility index (Phi) is 6.51. The monoisotopic (exact) mass is 367 g/mol. The highest BCUT2D eigenvalue weighted by Crippen LogP contribution is 2.39. The highest BCUT2D eigenvalue weighted by molar-refractivity contribution is 5.89. The van der Waals surface area contributed by atoms with Crippen molar-refractivity contribution in [3.63, 3.8) is 0 Å². The molecule has 3 rings (SSSR count). The lowest BCUT2D eigenvalue weighted by atomic mass is 9.78. The van der Waals surface area contributed by atoms with Crippen molar-refractivity contribution in [2.75, 3.05) is 21.2 Å². The predicted molar refractivity (Wildman–Crippen MR) is 107 cm³/mol. The van der Waals surface area contributed by atoms with Crippen LogP contribution in [0.2, 0.25) is 0 Å². The molecule has 0 aromatic heterocycles. The van der Waals surface area contributed by atoms with Crippen LogP contribution in [0.5, 0.6) is 5.75 Å². The number of ether oxygens (including phenoxy) is 2. The van der Waals surface area contributed by atoms with Crippen molar-refractivity contribution >= 4 is 5.97 Å². The highest BCUT2D eigenvalue weighted by Gasteiger charge is 2.36. The van der Waals surface area contributed by atoms with Gasteiger partial charge in [-0.25, -0.2) is 4.79 Å². The molecule has 1 fully saturated rings. The number of methoxy groups -OCH3 is 1. The summed E-state index contributed by atoms with van der Waals surface area (Å²) in [6.07, 6.45) is 4.20. The van der Waals surface area contributed by atoms with Gasteiger partial charge in [0.15, 0.2) is 0 Å². The summed E-state index contributed by atoms with van der Waals surface area (Å²) in [5.74, 6) is 0.775. The van der Waals surface area contributed by atoms with E-state index in [9.17, 15) is 4.79 Å². The van der Waals surface area contributed by atoms with Crippen LogP contribution in [0.4, 0.5) is 0 Å². The Morgan fingerprint density at radius 1 is 1.00 bits per heavy atom. The Morgan fingerprint density at radius 2 is 1.67 bits per heavy atom. The van der Waals surface area contributed by atoms with Gasteiger partial charge < -0.3 is 14.4 Å². The van der Waals surface area contributed by atoms with Crippen LogP contribution in [-0.4, -0.2) is 38.2 Å². The standard InChI is InChI=1S/C23H29NO3/c1-24(2)22(17-9-5-4-6-10-17)20-11-7-8-12-21(20)27-23(25)18-13-15-19(26-3)16-14-18/h4-6,9-10,13-16,20-22H,7-8,11-12H2,1-3H3. The Hall–Kier alpha value is -2.33. The van der Waals surface area contributed by atoms with E-state index in [1.54, 1.807) is 31.4 Å². The van der Waals surface area contributed by atoms with E-state index in [-0.39, 0.29) is 18.1 Å². The number of nitrogens with zero attached hydrogens (tertiary/aromatic N) is 1. The van der Waals surface area contributed by atoms with Gasteiger partial charge in [-0.05, 0) is 63.2 Å². The summed E-state index contributed by atoms with van der Waals surface area (Å²) >= 11 is 0. The summed E-state index contributed by atoms with van der Waals surface area (Å²) in [4.78, 5) is 15.0. The molecular weight excluding hydrogens is 338 g/mol. The molecule has 1 aliphatic carbocycles. The van der Waals surface area contributed by atoms with E-state index in [1.165, 1.54) is 12.0 Å². The van der Waals surface area contributed by atoms with Gasteiger partial charge in [-0.3, -0.25) is 0 Å².